The monoisotopic (exact) mass is 246 g/mol. The van der Waals surface area contributed by atoms with Crippen LogP contribution in [0.25, 0.3) is 0 Å². The van der Waals surface area contributed by atoms with Crippen LogP contribution in [0.15, 0.2) is 23.1 Å². The van der Waals surface area contributed by atoms with E-state index in [4.69, 9.17) is 5.11 Å². The fourth-order valence-electron chi connectivity index (χ4n) is 1.31. The van der Waals surface area contributed by atoms with E-state index in [1.165, 1.54) is 12.1 Å². The van der Waals surface area contributed by atoms with Crippen LogP contribution in [0.3, 0.4) is 0 Å². The topological polar surface area (TPSA) is 54.4 Å². The number of aliphatic hydroxyl groups excluding tert-OH is 1. The Bertz CT molecular complexity index is 492. The van der Waals surface area contributed by atoms with Crippen LogP contribution in [0.2, 0.25) is 0 Å². The van der Waals surface area contributed by atoms with Gasteiger partial charge >= 0.3 is 0 Å². The van der Waals surface area contributed by atoms with Gasteiger partial charge in [0.1, 0.15) is 10.7 Å². The first-order chi connectivity index (χ1) is 7.18. The van der Waals surface area contributed by atoms with Crippen molar-refractivity contribution in [3.05, 3.63) is 29.6 Å². The molecule has 90 valence electrons. The molecule has 0 aromatic heterocycles. The van der Waals surface area contributed by atoms with Crippen molar-refractivity contribution in [2.75, 3.05) is 12.9 Å². The minimum Gasteiger partial charge on any atom is -0.395 e. The van der Waals surface area contributed by atoms with E-state index in [-0.39, 0.29) is 11.5 Å². The maximum atomic E-state index is 13.6. The van der Waals surface area contributed by atoms with Gasteiger partial charge in [-0.05, 0) is 17.7 Å². The highest BCUT2D eigenvalue weighted by atomic mass is 32.2. The summed E-state index contributed by atoms with van der Waals surface area (Å²) in [6, 6.07) is 3.92. The first kappa shape index (κ1) is 13.1. The van der Waals surface area contributed by atoms with Crippen LogP contribution in [0.5, 0.6) is 0 Å². The highest BCUT2D eigenvalue weighted by Crippen LogP contribution is 2.25. The van der Waals surface area contributed by atoms with E-state index >= 15 is 0 Å². The minimum atomic E-state index is -3.54. The lowest BCUT2D eigenvalue weighted by Crippen LogP contribution is -2.22. The lowest BCUT2D eigenvalue weighted by molar-refractivity contribution is 0.218. The molecule has 0 heterocycles. The Morgan fingerprint density at radius 2 is 1.94 bits per heavy atom. The van der Waals surface area contributed by atoms with E-state index < -0.39 is 21.1 Å². The number of benzene rings is 1. The zero-order valence-corrected chi connectivity index (χ0v) is 10.3. The van der Waals surface area contributed by atoms with E-state index in [1.54, 1.807) is 13.8 Å². The van der Waals surface area contributed by atoms with Gasteiger partial charge in [-0.3, -0.25) is 0 Å². The summed E-state index contributed by atoms with van der Waals surface area (Å²) in [5.74, 6) is -0.776. The second-order valence-corrected chi connectivity index (χ2v) is 6.44. The normalized spacial score (nSPS) is 12.8. The molecule has 0 aliphatic rings. The largest absolute Gasteiger partial charge is 0.395 e. The number of sulfone groups is 1. The molecule has 0 fully saturated rings. The SMILES string of the molecule is CC(C)(CO)c1ccc(S(C)(=O)=O)c(F)c1. The zero-order chi connectivity index (χ0) is 12.6. The molecule has 0 amide bonds. The molecule has 1 aromatic carbocycles. The molecule has 0 aliphatic heterocycles. The maximum Gasteiger partial charge on any atom is 0.178 e. The molecule has 1 rings (SSSR count). The van der Waals surface area contributed by atoms with Crippen LogP contribution >= 0.6 is 0 Å². The summed E-state index contributed by atoms with van der Waals surface area (Å²) in [5, 5.41) is 9.13. The van der Waals surface area contributed by atoms with Crippen LogP contribution in [-0.2, 0) is 15.3 Å². The number of rotatable bonds is 3. The molecule has 0 atom stereocenters. The van der Waals surface area contributed by atoms with Crippen LogP contribution in [0, 0.1) is 5.82 Å². The quantitative estimate of drug-likeness (QED) is 0.879. The van der Waals surface area contributed by atoms with Gasteiger partial charge in [-0.15, -0.1) is 0 Å². The van der Waals surface area contributed by atoms with Crippen molar-refractivity contribution in [3.63, 3.8) is 0 Å². The molecule has 1 N–H and O–H groups in total. The van der Waals surface area contributed by atoms with Gasteiger partial charge in [0.05, 0.1) is 6.61 Å². The van der Waals surface area contributed by atoms with E-state index in [2.05, 4.69) is 0 Å². The average Bonchev–Trinajstić information content (AvgIpc) is 2.15. The minimum absolute atomic E-state index is 0.134. The Balaban J connectivity index is 3.30. The third kappa shape index (κ3) is 2.59. The smallest absolute Gasteiger partial charge is 0.178 e. The summed E-state index contributed by atoms with van der Waals surface area (Å²) < 4.78 is 35.9. The second-order valence-electron chi connectivity index (χ2n) is 4.46. The molecule has 0 saturated carbocycles. The number of aliphatic hydroxyl groups is 1. The fourth-order valence-corrected chi connectivity index (χ4v) is 2.04. The van der Waals surface area contributed by atoms with E-state index in [9.17, 15) is 12.8 Å². The summed E-state index contributed by atoms with van der Waals surface area (Å²) in [4.78, 5) is -0.315. The average molecular weight is 246 g/mol. The Labute approximate surface area is 94.8 Å². The predicted molar refractivity (Wildman–Crippen MR) is 59.6 cm³/mol. The van der Waals surface area contributed by atoms with Crippen molar-refractivity contribution in [3.8, 4) is 0 Å². The van der Waals surface area contributed by atoms with Gasteiger partial charge in [0.2, 0.25) is 0 Å². The number of hydrogen-bond donors (Lipinski definition) is 1. The second kappa shape index (κ2) is 4.14. The van der Waals surface area contributed by atoms with Gasteiger partial charge in [-0.25, -0.2) is 12.8 Å². The first-order valence-corrected chi connectivity index (χ1v) is 6.68. The van der Waals surface area contributed by atoms with Gasteiger partial charge in [0, 0.05) is 11.7 Å². The first-order valence-electron chi connectivity index (χ1n) is 4.79. The number of hydrogen-bond acceptors (Lipinski definition) is 3. The van der Waals surface area contributed by atoms with Gasteiger partial charge in [-0.1, -0.05) is 19.9 Å². The van der Waals surface area contributed by atoms with Crippen molar-refractivity contribution >= 4 is 9.84 Å². The third-order valence-electron chi connectivity index (χ3n) is 2.51. The molecule has 16 heavy (non-hydrogen) atoms. The van der Waals surface area contributed by atoms with Crippen molar-refractivity contribution in [2.45, 2.75) is 24.2 Å². The zero-order valence-electron chi connectivity index (χ0n) is 9.49. The molecule has 0 saturated heterocycles. The van der Waals surface area contributed by atoms with Crippen LogP contribution in [0.4, 0.5) is 4.39 Å². The van der Waals surface area contributed by atoms with Crippen molar-refractivity contribution < 1.29 is 17.9 Å². The van der Waals surface area contributed by atoms with Gasteiger partial charge in [0.15, 0.2) is 9.84 Å². The lowest BCUT2D eigenvalue weighted by atomic mass is 9.86. The highest BCUT2D eigenvalue weighted by Gasteiger charge is 2.22. The van der Waals surface area contributed by atoms with E-state index in [0.29, 0.717) is 5.56 Å². The predicted octanol–water partition coefficient (Wildman–Crippen LogP) is 1.50. The van der Waals surface area contributed by atoms with E-state index in [0.717, 1.165) is 12.3 Å². The van der Waals surface area contributed by atoms with Gasteiger partial charge in [-0.2, -0.15) is 0 Å². The summed E-state index contributed by atoms with van der Waals surface area (Å²) >= 11 is 0. The summed E-state index contributed by atoms with van der Waals surface area (Å²) in [6.45, 7) is 3.37. The Hall–Kier alpha value is -0.940. The summed E-state index contributed by atoms with van der Waals surface area (Å²) in [6.07, 6.45) is 0.961. The molecule has 0 bridgehead atoms. The maximum absolute atomic E-state index is 13.6. The summed E-state index contributed by atoms with van der Waals surface area (Å²) in [5.41, 5.74) is -0.0171. The molecule has 1 aromatic rings. The highest BCUT2D eigenvalue weighted by molar-refractivity contribution is 7.90. The molecule has 0 radical (unpaired) electrons. The Morgan fingerprint density at radius 1 is 1.38 bits per heavy atom. The van der Waals surface area contributed by atoms with Gasteiger partial charge < -0.3 is 5.11 Å². The van der Waals surface area contributed by atoms with Crippen molar-refractivity contribution in [2.24, 2.45) is 0 Å². The summed E-state index contributed by atoms with van der Waals surface area (Å²) in [7, 11) is -3.54. The molecule has 5 heteroatoms. The third-order valence-corrected chi connectivity index (χ3v) is 3.64. The molecule has 3 nitrogen and oxygen atoms in total. The van der Waals surface area contributed by atoms with Crippen molar-refractivity contribution in [1.29, 1.82) is 0 Å². The molecule has 0 aliphatic carbocycles. The van der Waals surface area contributed by atoms with E-state index in [1.807, 2.05) is 0 Å². The van der Waals surface area contributed by atoms with Crippen LogP contribution in [-0.4, -0.2) is 26.4 Å². The van der Waals surface area contributed by atoms with Crippen LogP contribution in [0.1, 0.15) is 19.4 Å². The molecule has 0 spiro atoms. The van der Waals surface area contributed by atoms with Crippen molar-refractivity contribution in [1.82, 2.24) is 0 Å². The Morgan fingerprint density at radius 3 is 2.31 bits per heavy atom. The molecular weight excluding hydrogens is 231 g/mol. The fraction of sp³-hybridized carbons (Fsp3) is 0.455. The lowest BCUT2D eigenvalue weighted by Gasteiger charge is -2.22. The Kier molecular flexibility index (Phi) is 3.40. The molecular formula is C11H15FO3S. The van der Waals surface area contributed by atoms with Crippen LogP contribution < -0.4 is 0 Å². The van der Waals surface area contributed by atoms with Gasteiger partial charge in [0.25, 0.3) is 0 Å². The molecule has 0 unspecified atom stereocenters. The number of halogens is 1. The standard InChI is InChI=1S/C11H15FO3S/c1-11(2,7-13)8-4-5-10(9(12)6-8)16(3,14)15/h4-6,13H,7H2,1-3H3.